The van der Waals surface area contributed by atoms with E-state index in [0.717, 1.165) is 11.1 Å². The summed E-state index contributed by atoms with van der Waals surface area (Å²) in [6.45, 7) is -0.631. The molecule has 0 radical (unpaired) electrons. The van der Waals surface area contributed by atoms with Gasteiger partial charge >= 0.3 is 6.98 Å². The Hall–Kier alpha value is -0.925. The van der Waals surface area contributed by atoms with Crippen LogP contribution < -0.4 is 0 Å². The summed E-state index contributed by atoms with van der Waals surface area (Å²) in [7, 11) is 0. The molecular formula is C13H15BF3-. The van der Waals surface area contributed by atoms with Crippen LogP contribution in [0.5, 0.6) is 0 Å². The van der Waals surface area contributed by atoms with E-state index in [9.17, 15) is 12.9 Å². The van der Waals surface area contributed by atoms with Crippen molar-refractivity contribution < 1.29 is 12.9 Å². The fraction of sp³-hybridized carbons (Fsp3) is 0.538. The van der Waals surface area contributed by atoms with E-state index in [-0.39, 0.29) is 5.41 Å². The quantitative estimate of drug-likeness (QED) is 0.674. The Morgan fingerprint density at radius 3 is 2.12 bits per heavy atom. The van der Waals surface area contributed by atoms with Gasteiger partial charge in [0, 0.05) is 0 Å². The van der Waals surface area contributed by atoms with Gasteiger partial charge in [0.05, 0.1) is 0 Å². The molecule has 4 heteroatoms. The summed E-state index contributed by atoms with van der Waals surface area (Å²) in [6, 6.07) is 6.10. The van der Waals surface area contributed by atoms with Crippen LogP contribution in [-0.2, 0) is 5.41 Å². The molecule has 0 saturated heterocycles. The molecule has 0 nitrogen and oxygen atoms in total. The van der Waals surface area contributed by atoms with Gasteiger partial charge in [-0.25, -0.2) is 0 Å². The zero-order valence-electron chi connectivity index (χ0n) is 10.1. The Labute approximate surface area is 99.3 Å². The van der Waals surface area contributed by atoms with Crippen LogP contribution in [0.15, 0.2) is 18.2 Å². The predicted molar refractivity (Wildman–Crippen MR) is 63.2 cm³/mol. The molecule has 17 heavy (non-hydrogen) atoms. The lowest BCUT2D eigenvalue weighted by atomic mass is 9.23. The Balaban J connectivity index is 1.87. The lowest BCUT2D eigenvalue weighted by molar-refractivity contribution is -0.0405. The molecule has 0 amide bonds. The van der Waals surface area contributed by atoms with Gasteiger partial charge < -0.3 is 12.9 Å². The maximum Gasteiger partial charge on any atom is 0.484 e. The van der Waals surface area contributed by atoms with Crippen LogP contribution in [0.1, 0.15) is 36.0 Å². The van der Waals surface area contributed by atoms with Crippen LogP contribution >= 0.6 is 0 Å². The Morgan fingerprint density at radius 1 is 1.06 bits per heavy atom. The minimum atomic E-state index is -4.65. The highest BCUT2D eigenvalue weighted by Gasteiger charge is 2.74. The van der Waals surface area contributed by atoms with Crippen molar-refractivity contribution in [3.63, 3.8) is 0 Å². The summed E-state index contributed by atoms with van der Waals surface area (Å²) in [5.41, 5.74) is 3.32. The molecule has 0 aromatic heterocycles. The molecule has 0 heterocycles. The van der Waals surface area contributed by atoms with E-state index in [0.29, 0.717) is 19.3 Å². The highest BCUT2D eigenvalue weighted by molar-refractivity contribution is 6.63. The molecule has 4 rings (SSSR count). The lowest BCUT2D eigenvalue weighted by Crippen LogP contribution is -2.67. The highest BCUT2D eigenvalue weighted by Crippen LogP contribution is 2.82. The van der Waals surface area contributed by atoms with E-state index in [1.54, 1.807) is 0 Å². The molecule has 3 aliphatic carbocycles. The molecule has 0 N–H and O–H groups in total. The zero-order valence-corrected chi connectivity index (χ0v) is 10.1. The third-order valence-corrected chi connectivity index (χ3v) is 4.72. The van der Waals surface area contributed by atoms with Crippen molar-refractivity contribution in [1.82, 2.24) is 0 Å². The third-order valence-electron chi connectivity index (χ3n) is 4.72. The minimum absolute atomic E-state index is 0.144. The van der Waals surface area contributed by atoms with Crippen LogP contribution in [0.2, 0.25) is 5.31 Å². The van der Waals surface area contributed by atoms with E-state index < -0.39 is 12.3 Å². The third kappa shape index (κ3) is 1.27. The molecule has 0 spiro atoms. The van der Waals surface area contributed by atoms with E-state index in [4.69, 9.17) is 0 Å². The highest BCUT2D eigenvalue weighted by atomic mass is 19.4. The lowest BCUT2D eigenvalue weighted by Gasteiger charge is -2.76. The molecular weight excluding hydrogens is 224 g/mol. The van der Waals surface area contributed by atoms with E-state index >= 15 is 0 Å². The fourth-order valence-electron chi connectivity index (χ4n) is 3.91. The second kappa shape index (κ2) is 2.90. The molecule has 1 aromatic rings. The second-order valence-electron chi connectivity index (χ2n) is 6.07. The smallest absolute Gasteiger partial charge is 0.449 e. The van der Waals surface area contributed by atoms with Crippen LogP contribution in [-0.4, -0.2) is 6.98 Å². The normalized spacial score (nSPS) is 35.1. The molecule has 3 saturated carbocycles. The summed E-state index contributed by atoms with van der Waals surface area (Å²) in [5, 5.41) is -1.28. The largest absolute Gasteiger partial charge is 0.484 e. The molecule has 3 aliphatic rings. The molecule has 0 atom stereocenters. The topological polar surface area (TPSA) is 0 Å². The average Bonchev–Trinajstić information content (AvgIpc) is 2.01. The average molecular weight is 239 g/mol. The standard InChI is InChI=1S/C13H15BF3/c1-9-3-4-11(10(2)5-9)12-6-13(7-12,8-12)14(15,16)17/h3-5H,6-8H2,1-2H3/q-1. The monoisotopic (exact) mass is 239 g/mol. The maximum absolute atomic E-state index is 12.8. The number of hydrogen-bond donors (Lipinski definition) is 0. The van der Waals surface area contributed by atoms with Crippen LogP contribution in [0.25, 0.3) is 0 Å². The van der Waals surface area contributed by atoms with Gasteiger partial charge in [0.2, 0.25) is 0 Å². The van der Waals surface area contributed by atoms with Gasteiger partial charge in [-0.15, -0.1) is 0 Å². The number of rotatable bonds is 2. The first-order chi connectivity index (χ1) is 7.78. The Kier molecular flexibility index (Phi) is 1.91. The van der Waals surface area contributed by atoms with Crippen molar-refractivity contribution in [2.75, 3.05) is 0 Å². The van der Waals surface area contributed by atoms with Crippen molar-refractivity contribution >= 4 is 6.98 Å². The molecule has 0 unspecified atom stereocenters. The van der Waals surface area contributed by atoms with Crippen molar-refractivity contribution in [2.24, 2.45) is 0 Å². The number of benzene rings is 1. The molecule has 3 fully saturated rings. The number of halogens is 3. The van der Waals surface area contributed by atoms with Crippen molar-refractivity contribution in [3.05, 3.63) is 34.9 Å². The van der Waals surface area contributed by atoms with Gasteiger partial charge in [-0.1, -0.05) is 48.3 Å². The minimum Gasteiger partial charge on any atom is -0.449 e. The van der Waals surface area contributed by atoms with Crippen LogP contribution in [0.3, 0.4) is 0 Å². The van der Waals surface area contributed by atoms with Crippen LogP contribution in [0.4, 0.5) is 12.9 Å². The van der Waals surface area contributed by atoms with Crippen molar-refractivity contribution in [2.45, 2.75) is 43.8 Å². The molecule has 92 valence electrons. The van der Waals surface area contributed by atoms with E-state index in [2.05, 4.69) is 6.07 Å². The van der Waals surface area contributed by atoms with Crippen molar-refractivity contribution in [3.8, 4) is 0 Å². The molecule has 1 aromatic carbocycles. The fourth-order valence-corrected chi connectivity index (χ4v) is 3.91. The SMILES string of the molecule is Cc1ccc(C23CC([B-](F)(F)F)(C2)C3)c(C)c1. The van der Waals surface area contributed by atoms with Gasteiger partial charge in [-0.2, -0.15) is 0 Å². The van der Waals surface area contributed by atoms with E-state index in [1.807, 2.05) is 26.0 Å². The number of aryl methyl sites for hydroxylation is 2. The van der Waals surface area contributed by atoms with Gasteiger partial charge in [0.1, 0.15) is 0 Å². The van der Waals surface area contributed by atoms with Crippen LogP contribution in [0, 0.1) is 13.8 Å². The summed E-state index contributed by atoms with van der Waals surface area (Å²) in [5.74, 6) is 0. The van der Waals surface area contributed by atoms with Gasteiger partial charge in [0.25, 0.3) is 0 Å². The molecule has 0 aliphatic heterocycles. The van der Waals surface area contributed by atoms with Gasteiger partial charge in [-0.3, -0.25) is 0 Å². The number of hydrogen-bond acceptors (Lipinski definition) is 0. The Bertz CT molecular complexity index is 470. The summed E-state index contributed by atoms with van der Waals surface area (Å²) in [4.78, 5) is 0. The summed E-state index contributed by atoms with van der Waals surface area (Å²) in [6.07, 6.45) is 0.980. The van der Waals surface area contributed by atoms with Crippen molar-refractivity contribution in [1.29, 1.82) is 0 Å². The Morgan fingerprint density at radius 2 is 1.65 bits per heavy atom. The first-order valence-corrected chi connectivity index (χ1v) is 6.05. The summed E-state index contributed by atoms with van der Waals surface area (Å²) < 4.78 is 38.5. The predicted octanol–water partition coefficient (Wildman–Crippen LogP) is 4.33. The van der Waals surface area contributed by atoms with Gasteiger partial charge in [0.15, 0.2) is 0 Å². The second-order valence-corrected chi connectivity index (χ2v) is 6.07. The van der Waals surface area contributed by atoms with E-state index in [1.165, 1.54) is 5.56 Å². The maximum atomic E-state index is 12.8. The zero-order chi connectivity index (χ0) is 12.5. The summed E-state index contributed by atoms with van der Waals surface area (Å²) >= 11 is 0. The first-order valence-electron chi connectivity index (χ1n) is 6.05. The van der Waals surface area contributed by atoms with Gasteiger partial charge in [-0.05, 0) is 30.4 Å². The molecule has 2 bridgehead atoms. The first kappa shape index (κ1) is 11.2.